The molecule has 5 aromatic rings. The van der Waals surface area contributed by atoms with Crippen LogP contribution in [-0.4, -0.2) is 9.55 Å². The third-order valence-corrected chi connectivity index (χ3v) is 6.87. The lowest BCUT2D eigenvalue weighted by molar-refractivity contribution is 0.253. The Morgan fingerprint density at radius 2 is 1.60 bits per heavy atom. The smallest absolute Gasteiger partial charge is 0.256 e. The molecule has 0 radical (unpaired) electrons. The first-order chi connectivity index (χ1) is 17.0. The fourth-order valence-electron chi connectivity index (χ4n) is 4.75. The summed E-state index contributed by atoms with van der Waals surface area (Å²) in [7, 11) is 0. The summed E-state index contributed by atoms with van der Waals surface area (Å²) in [6, 6.07) is 23.9. The monoisotopic (exact) mass is 461 g/mol. The van der Waals surface area contributed by atoms with E-state index in [2.05, 4.69) is 4.98 Å². The lowest BCUT2D eigenvalue weighted by Crippen LogP contribution is -2.43. The van der Waals surface area contributed by atoms with Crippen molar-refractivity contribution in [2.75, 3.05) is 0 Å². The van der Waals surface area contributed by atoms with Crippen LogP contribution in [0.15, 0.2) is 105 Å². The molecule has 1 fully saturated rings. The number of hydrogen-bond donors (Lipinski definition) is 1. The van der Waals surface area contributed by atoms with E-state index in [1.165, 1.54) is 16.8 Å². The standard InChI is InChI=1S/C29H23N3O3/c30-29(15-6-16-29)21-12-10-19(11-13-21)24-25(34)22-14-17-31-28(32-18-5-4-9-23(32)33)27(22)35-26(24)20-7-2-1-3-8-20/h1-5,7-14,17-18H,6,15-16,30H2. The maximum Gasteiger partial charge on any atom is 0.256 e. The van der Waals surface area contributed by atoms with Gasteiger partial charge in [-0.05, 0) is 42.5 Å². The van der Waals surface area contributed by atoms with Gasteiger partial charge in [-0.25, -0.2) is 4.98 Å². The molecule has 1 aliphatic rings. The summed E-state index contributed by atoms with van der Waals surface area (Å²) in [4.78, 5) is 30.9. The highest BCUT2D eigenvalue weighted by Crippen LogP contribution is 2.40. The Kier molecular flexibility index (Phi) is 4.97. The molecule has 6 heteroatoms. The molecule has 0 atom stereocenters. The Morgan fingerprint density at radius 3 is 2.29 bits per heavy atom. The zero-order valence-corrected chi connectivity index (χ0v) is 19.0. The van der Waals surface area contributed by atoms with Crippen LogP contribution in [0.3, 0.4) is 0 Å². The van der Waals surface area contributed by atoms with E-state index in [9.17, 15) is 9.59 Å². The van der Waals surface area contributed by atoms with E-state index in [-0.39, 0.29) is 27.9 Å². The molecule has 0 spiro atoms. The molecule has 0 saturated heterocycles. The first-order valence-corrected chi connectivity index (χ1v) is 11.6. The summed E-state index contributed by atoms with van der Waals surface area (Å²) in [5, 5.41) is 0.360. The largest absolute Gasteiger partial charge is 0.451 e. The van der Waals surface area contributed by atoms with Crippen LogP contribution < -0.4 is 16.7 Å². The fraction of sp³-hybridized carbons (Fsp3) is 0.138. The van der Waals surface area contributed by atoms with Gasteiger partial charge in [0.05, 0.1) is 10.9 Å². The van der Waals surface area contributed by atoms with Crippen molar-refractivity contribution < 1.29 is 4.42 Å². The van der Waals surface area contributed by atoms with Crippen LogP contribution in [0.1, 0.15) is 24.8 Å². The van der Waals surface area contributed by atoms with Gasteiger partial charge in [-0.15, -0.1) is 0 Å². The average molecular weight is 462 g/mol. The summed E-state index contributed by atoms with van der Waals surface area (Å²) < 4.78 is 7.82. The number of fused-ring (bicyclic) bond motifs is 1. The van der Waals surface area contributed by atoms with E-state index in [0.717, 1.165) is 36.0 Å². The SMILES string of the molecule is NC1(c2ccc(-c3c(-c4ccccc4)oc4c(-n5ccccc5=O)nccc4c3=O)cc2)CCC1. The number of rotatable bonds is 4. The van der Waals surface area contributed by atoms with Crippen molar-refractivity contribution in [1.82, 2.24) is 9.55 Å². The van der Waals surface area contributed by atoms with E-state index in [1.54, 1.807) is 24.4 Å². The lowest BCUT2D eigenvalue weighted by Gasteiger charge is -2.38. The summed E-state index contributed by atoms with van der Waals surface area (Å²) in [5.74, 6) is 0.708. The third kappa shape index (κ3) is 3.50. The molecule has 0 bridgehead atoms. The van der Waals surface area contributed by atoms with Crippen molar-refractivity contribution in [3.63, 3.8) is 0 Å². The van der Waals surface area contributed by atoms with Crippen LogP contribution >= 0.6 is 0 Å². The highest BCUT2D eigenvalue weighted by Gasteiger charge is 2.34. The van der Waals surface area contributed by atoms with Gasteiger partial charge in [-0.3, -0.25) is 14.2 Å². The minimum atomic E-state index is -0.279. The second kappa shape index (κ2) is 8.18. The molecule has 172 valence electrons. The van der Waals surface area contributed by atoms with Crippen molar-refractivity contribution in [2.45, 2.75) is 24.8 Å². The zero-order chi connectivity index (χ0) is 24.0. The highest BCUT2D eigenvalue weighted by molar-refractivity contribution is 5.91. The quantitative estimate of drug-likeness (QED) is 0.406. The maximum absolute atomic E-state index is 13.9. The first-order valence-electron chi connectivity index (χ1n) is 11.6. The van der Waals surface area contributed by atoms with Crippen molar-refractivity contribution in [3.8, 4) is 28.3 Å². The van der Waals surface area contributed by atoms with E-state index in [4.69, 9.17) is 10.2 Å². The highest BCUT2D eigenvalue weighted by atomic mass is 16.3. The number of hydrogen-bond acceptors (Lipinski definition) is 5. The van der Waals surface area contributed by atoms with Crippen LogP contribution in [0.2, 0.25) is 0 Å². The number of aromatic nitrogens is 2. The van der Waals surface area contributed by atoms with Gasteiger partial charge in [0.2, 0.25) is 5.43 Å². The molecule has 1 aliphatic carbocycles. The van der Waals surface area contributed by atoms with Crippen molar-refractivity contribution in [2.24, 2.45) is 5.73 Å². The van der Waals surface area contributed by atoms with Crippen molar-refractivity contribution in [3.05, 3.63) is 117 Å². The van der Waals surface area contributed by atoms with Gasteiger partial charge in [0.1, 0.15) is 5.76 Å². The second-order valence-corrected chi connectivity index (χ2v) is 9.01. The predicted octanol–water partition coefficient (Wildman–Crippen LogP) is 5.01. The summed E-state index contributed by atoms with van der Waals surface area (Å²) >= 11 is 0. The molecule has 3 heterocycles. The van der Waals surface area contributed by atoms with Gasteiger partial charge in [-0.2, -0.15) is 0 Å². The van der Waals surface area contributed by atoms with E-state index in [0.29, 0.717) is 16.7 Å². The van der Waals surface area contributed by atoms with Crippen LogP contribution in [-0.2, 0) is 5.54 Å². The molecule has 3 aromatic heterocycles. The first kappa shape index (κ1) is 21.3. The Hall–Kier alpha value is -4.29. The molecule has 2 aromatic carbocycles. The topological polar surface area (TPSA) is 91.1 Å². The summed E-state index contributed by atoms with van der Waals surface area (Å²) in [6.07, 6.45) is 6.20. The van der Waals surface area contributed by atoms with Gasteiger partial charge in [0.15, 0.2) is 11.4 Å². The van der Waals surface area contributed by atoms with Gasteiger partial charge in [0, 0.05) is 29.6 Å². The minimum Gasteiger partial charge on any atom is -0.451 e. The predicted molar refractivity (Wildman–Crippen MR) is 136 cm³/mol. The number of nitrogens with zero attached hydrogens (tertiary/aromatic N) is 2. The number of benzene rings is 2. The van der Waals surface area contributed by atoms with Crippen LogP contribution in [0.5, 0.6) is 0 Å². The van der Waals surface area contributed by atoms with Gasteiger partial charge >= 0.3 is 0 Å². The van der Waals surface area contributed by atoms with Gasteiger partial charge in [0.25, 0.3) is 5.56 Å². The molecule has 35 heavy (non-hydrogen) atoms. The summed E-state index contributed by atoms with van der Waals surface area (Å²) in [5.41, 5.74) is 9.10. The van der Waals surface area contributed by atoms with Crippen molar-refractivity contribution in [1.29, 1.82) is 0 Å². The molecule has 0 unspecified atom stereocenters. The van der Waals surface area contributed by atoms with Crippen LogP contribution in [0.4, 0.5) is 0 Å². The van der Waals surface area contributed by atoms with Gasteiger partial charge in [-0.1, -0.05) is 60.7 Å². The molecule has 1 saturated carbocycles. The maximum atomic E-state index is 13.9. The molecule has 0 aliphatic heterocycles. The molecule has 0 amide bonds. The average Bonchev–Trinajstić information content (AvgIpc) is 2.88. The minimum absolute atomic E-state index is 0.184. The Bertz CT molecular complexity index is 1660. The van der Waals surface area contributed by atoms with Crippen LogP contribution in [0, 0.1) is 0 Å². The van der Waals surface area contributed by atoms with E-state index in [1.807, 2.05) is 54.6 Å². The second-order valence-electron chi connectivity index (χ2n) is 9.01. The number of pyridine rings is 2. The molecule has 6 nitrogen and oxygen atoms in total. The molecule has 2 N–H and O–H groups in total. The molecular formula is C29H23N3O3. The fourth-order valence-corrected chi connectivity index (χ4v) is 4.75. The zero-order valence-electron chi connectivity index (χ0n) is 19.0. The number of nitrogens with two attached hydrogens (primary N) is 1. The van der Waals surface area contributed by atoms with Crippen molar-refractivity contribution >= 4 is 11.0 Å². The third-order valence-electron chi connectivity index (χ3n) is 6.87. The van der Waals surface area contributed by atoms with E-state index >= 15 is 0 Å². The Balaban J connectivity index is 1.63. The Morgan fingerprint density at radius 1 is 0.857 bits per heavy atom. The van der Waals surface area contributed by atoms with Gasteiger partial charge < -0.3 is 10.2 Å². The lowest BCUT2D eigenvalue weighted by atomic mass is 9.72. The van der Waals surface area contributed by atoms with E-state index < -0.39 is 0 Å². The normalized spacial score (nSPS) is 14.5. The Labute approximate surface area is 201 Å². The molecule has 6 rings (SSSR count). The van der Waals surface area contributed by atoms with Crippen LogP contribution in [0.25, 0.3) is 39.2 Å². The molecular weight excluding hydrogens is 438 g/mol. The summed E-state index contributed by atoms with van der Waals surface area (Å²) in [6.45, 7) is 0.